The van der Waals surface area contributed by atoms with Gasteiger partial charge in [-0.25, -0.2) is 8.42 Å². The van der Waals surface area contributed by atoms with Crippen molar-refractivity contribution < 1.29 is 13.2 Å². The summed E-state index contributed by atoms with van der Waals surface area (Å²) in [4.78, 5) is 0.444. The lowest BCUT2D eigenvalue weighted by molar-refractivity contribution is 0.407. The van der Waals surface area contributed by atoms with Crippen molar-refractivity contribution in [1.82, 2.24) is 5.32 Å². The van der Waals surface area contributed by atoms with Crippen LogP contribution in [-0.2, 0) is 9.84 Å². The van der Waals surface area contributed by atoms with E-state index in [1.165, 1.54) is 6.26 Å². The predicted molar refractivity (Wildman–Crippen MR) is 75.7 cm³/mol. The van der Waals surface area contributed by atoms with Crippen LogP contribution in [0.4, 0.5) is 0 Å². The Kier molecular flexibility index (Phi) is 4.16. The van der Waals surface area contributed by atoms with Crippen LogP contribution in [0, 0.1) is 6.92 Å². The van der Waals surface area contributed by atoms with Crippen LogP contribution >= 0.6 is 0 Å². The number of nitrogens with one attached hydrogen (secondary N) is 1. The molecule has 4 nitrogen and oxygen atoms in total. The zero-order chi connectivity index (χ0) is 14.0. The van der Waals surface area contributed by atoms with Gasteiger partial charge >= 0.3 is 0 Å². The van der Waals surface area contributed by atoms with Gasteiger partial charge in [0.2, 0.25) is 0 Å². The van der Waals surface area contributed by atoms with Gasteiger partial charge in [-0.1, -0.05) is 0 Å². The molecule has 2 rings (SSSR count). The summed E-state index contributed by atoms with van der Waals surface area (Å²) in [5.41, 5.74) is 1.74. The van der Waals surface area contributed by atoms with Crippen LogP contribution in [0.3, 0.4) is 0 Å². The largest absolute Gasteiger partial charge is 0.496 e. The molecule has 1 unspecified atom stereocenters. The van der Waals surface area contributed by atoms with Gasteiger partial charge in [0.05, 0.1) is 12.0 Å². The summed E-state index contributed by atoms with van der Waals surface area (Å²) in [6.45, 7) is 3.71. The highest BCUT2D eigenvalue weighted by Gasteiger charge is 2.24. The van der Waals surface area contributed by atoms with Crippen LogP contribution in [0.5, 0.6) is 5.75 Å². The Bertz CT molecular complexity index is 560. The Morgan fingerprint density at radius 3 is 2.63 bits per heavy atom. The van der Waals surface area contributed by atoms with Crippen molar-refractivity contribution in [3.8, 4) is 5.75 Å². The summed E-state index contributed by atoms with van der Waals surface area (Å²) in [6.07, 6.45) is 3.36. The standard InChI is InChI=1S/C14H21NO3S/c1-10-7-14(19(3,16)17)12(8-13(10)18-2)11-5-4-6-15-9-11/h7-8,11,15H,4-6,9H2,1-3H3. The zero-order valence-corrected chi connectivity index (χ0v) is 12.5. The molecule has 0 radical (unpaired) electrons. The molecule has 1 saturated heterocycles. The Morgan fingerprint density at radius 2 is 2.11 bits per heavy atom. The van der Waals surface area contributed by atoms with Crippen LogP contribution in [0.15, 0.2) is 17.0 Å². The van der Waals surface area contributed by atoms with E-state index >= 15 is 0 Å². The molecule has 19 heavy (non-hydrogen) atoms. The molecule has 1 atom stereocenters. The lowest BCUT2D eigenvalue weighted by Gasteiger charge is -2.25. The average molecular weight is 283 g/mol. The number of aryl methyl sites for hydroxylation is 1. The second kappa shape index (κ2) is 5.51. The van der Waals surface area contributed by atoms with Crippen molar-refractivity contribution in [3.63, 3.8) is 0 Å². The number of sulfone groups is 1. The fourth-order valence-electron chi connectivity index (χ4n) is 2.65. The summed E-state index contributed by atoms with van der Waals surface area (Å²) in [7, 11) is -1.60. The van der Waals surface area contributed by atoms with Gasteiger partial charge in [-0.3, -0.25) is 0 Å². The van der Waals surface area contributed by atoms with Crippen LogP contribution < -0.4 is 10.1 Å². The third-order valence-corrected chi connectivity index (χ3v) is 4.82. The van der Waals surface area contributed by atoms with E-state index in [-0.39, 0.29) is 5.92 Å². The van der Waals surface area contributed by atoms with Crippen LogP contribution in [0.2, 0.25) is 0 Å². The van der Waals surface area contributed by atoms with Gasteiger partial charge in [0, 0.05) is 12.8 Å². The SMILES string of the molecule is COc1cc(C2CCCNC2)c(S(C)(=O)=O)cc1C. The molecule has 106 valence electrons. The van der Waals surface area contributed by atoms with Crippen molar-refractivity contribution >= 4 is 9.84 Å². The predicted octanol–water partition coefficient (Wildman–Crippen LogP) is 1.87. The molecule has 1 aromatic rings. The molecule has 1 fully saturated rings. The summed E-state index contributed by atoms with van der Waals surface area (Å²) in [5, 5.41) is 3.33. The lowest BCUT2D eigenvalue weighted by Crippen LogP contribution is -2.29. The van der Waals surface area contributed by atoms with Crippen molar-refractivity contribution in [3.05, 3.63) is 23.3 Å². The van der Waals surface area contributed by atoms with Gasteiger partial charge in [-0.05, 0) is 55.5 Å². The van der Waals surface area contributed by atoms with E-state index < -0.39 is 9.84 Å². The van der Waals surface area contributed by atoms with Crippen LogP contribution in [0.1, 0.15) is 29.9 Å². The Hall–Kier alpha value is -1.07. The maximum atomic E-state index is 12.0. The number of ether oxygens (including phenoxy) is 1. The molecule has 0 bridgehead atoms. The molecule has 1 aliphatic rings. The molecule has 0 amide bonds. The van der Waals surface area contributed by atoms with Gasteiger partial charge < -0.3 is 10.1 Å². The Labute approximate surface area is 115 Å². The number of piperidine rings is 1. The van der Waals surface area contributed by atoms with E-state index in [1.54, 1.807) is 13.2 Å². The minimum atomic E-state index is -3.21. The van der Waals surface area contributed by atoms with E-state index in [0.717, 1.165) is 42.8 Å². The molecule has 0 spiro atoms. The smallest absolute Gasteiger partial charge is 0.175 e. The summed E-state index contributed by atoms with van der Waals surface area (Å²) >= 11 is 0. The second-order valence-corrected chi connectivity index (χ2v) is 7.16. The van der Waals surface area contributed by atoms with E-state index in [1.807, 2.05) is 13.0 Å². The first-order valence-corrected chi connectivity index (χ1v) is 8.42. The monoisotopic (exact) mass is 283 g/mol. The molecule has 0 aromatic heterocycles. The highest BCUT2D eigenvalue weighted by atomic mass is 32.2. The van der Waals surface area contributed by atoms with Gasteiger partial charge in [0.15, 0.2) is 9.84 Å². The first kappa shape index (κ1) is 14.3. The molecule has 1 aliphatic heterocycles. The maximum absolute atomic E-state index is 12.0. The normalized spacial score (nSPS) is 20.3. The number of hydrogen-bond donors (Lipinski definition) is 1. The van der Waals surface area contributed by atoms with Gasteiger partial charge in [-0.2, -0.15) is 0 Å². The quantitative estimate of drug-likeness (QED) is 0.920. The Morgan fingerprint density at radius 1 is 1.37 bits per heavy atom. The van der Waals surface area contributed by atoms with Gasteiger partial charge in [0.1, 0.15) is 5.75 Å². The van der Waals surface area contributed by atoms with Crippen molar-refractivity contribution in [1.29, 1.82) is 0 Å². The van der Waals surface area contributed by atoms with E-state index in [9.17, 15) is 8.42 Å². The fraction of sp³-hybridized carbons (Fsp3) is 0.571. The average Bonchev–Trinajstić information content (AvgIpc) is 2.38. The second-order valence-electron chi connectivity index (χ2n) is 5.18. The van der Waals surface area contributed by atoms with E-state index in [2.05, 4.69) is 5.32 Å². The highest BCUT2D eigenvalue weighted by Crippen LogP contribution is 2.34. The van der Waals surface area contributed by atoms with E-state index in [0.29, 0.717) is 4.90 Å². The summed E-state index contributed by atoms with van der Waals surface area (Å²) in [5.74, 6) is 1.00. The third kappa shape index (κ3) is 3.09. The molecule has 5 heteroatoms. The fourth-order valence-corrected chi connectivity index (χ4v) is 3.70. The third-order valence-electron chi connectivity index (χ3n) is 3.66. The summed E-state index contributed by atoms with van der Waals surface area (Å²) in [6, 6.07) is 3.63. The maximum Gasteiger partial charge on any atom is 0.175 e. The highest BCUT2D eigenvalue weighted by molar-refractivity contribution is 7.90. The van der Waals surface area contributed by atoms with Crippen LogP contribution in [0.25, 0.3) is 0 Å². The zero-order valence-electron chi connectivity index (χ0n) is 11.7. The molecule has 1 aromatic carbocycles. The number of methoxy groups -OCH3 is 1. The van der Waals surface area contributed by atoms with Gasteiger partial charge in [-0.15, -0.1) is 0 Å². The molecule has 0 saturated carbocycles. The van der Waals surface area contributed by atoms with Gasteiger partial charge in [0.25, 0.3) is 0 Å². The Balaban J connectivity index is 2.55. The number of rotatable bonds is 3. The lowest BCUT2D eigenvalue weighted by atomic mass is 9.91. The molecular formula is C14H21NO3S. The number of hydrogen-bond acceptors (Lipinski definition) is 4. The minimum Gasteiger partial charge on any atom is -0.496 e. The molecule has 0 aliphatic carbocycles. The number of benzene rings is 1. The van der Waals surface area contributed by atoms with Crippen LogP contribution in [-0.4, -0.2) is 34.9 Å². The molecule has 1 N–H and O–H groups in total. The van der Waals surface area contributed by atoms with E-state index in [4.69, 9.17) is 4.74 Å². The molecule has 1 heterocycles. The minimum absolute atomic E-state index is 0.243. The van der Waals surface area contributed by atoms with Crippen molar-refractivity contribution in [2.45, 2.75) is 30.6 Å². The summed E-state index contributed by atoms with van der Waals surface area (Å²) < 4.78 is 29.3. The first-order chi connectivity index (χ1) is 8.93. The van der Waals surface area contributed by atoms with Crippen molar-refractivity contribution in [2.75, 3.05) is 26.5 Å². The van der Waals surface area contributed by atoms with Crippen molar-refractivity contribution in [2.24, 2.45) is 0 Å². The molecular weight excluding hydrogens is 262 g/mol. The topological polar surface area (TPSA) is 55.4 Å². The first-order valence-electron chi connectivity index (χ1n) is 6.53.